The van der Waals surface area contributed by atoms with Gasteiger partial charge in [0.25, 0.3) is 0 Å². The van der Waals surface area contributed by atoms with Gasteiger partial charge < -0.3 is 10.1 Å². The Morgan fingerprint density at radius 3 is 2.42 bits per heavy atom. The Hall–Kier alpha value is -1.85. The summed E-state index contributed by atoms with van der Waals surface area (Å²) < 4.78 is 4.83. The standard InChI is InChI=1S/C19H19Cl2N3O2/c1-26-19(25)16-14(21)18(24-17(23-16)12-4-5-12)22-15(10-2-3-10)11-6-8-13(20)9-7-11/h6-10,12,15H,2-5H2,1H3,(H,22,23,24). The molecule has 0 radical (unpaired) electrons. The van der Waals surface area contributed by atoms with Crippen LogP contribution in [0.5, 0.6) is 0 Å². The molecule has 1 heterocycles. The van der Waals surface area contributed by atoms with Crippen molar-refractivity contribution in [3.05, 3.63) is 51.4 Å². The number of nitrogens with zero attached hydrogens (tertiary/aromatic N) is 2. The molecule has 5 nitrogen and oxygen atoms in total. The number of methoxy groups -OCH3 is 1. The van der Waals surface area contributed by atoms with Crippen molar-refractivity contribution in [2.45, 2.75) is 37.6 Å². The van der Waals surface area contributed by atoms with Crippen LogP contribution in [0, 0.1) is 5.92 Å². The third-order valence-electron chi connectivity index (χ3n) is 4.80. The summed E-state index contributed by atoms with van der Waals surface area (Å²) >= 11 is 12.5. The van der Waals surface area contributed by atoms with E-state index in [9.17, 15) is 4.79 Å². The third-order valence-corrected chi connectivity index (χ3v) is 5.41. The highest BCUT2D eigenvalue weighted by Crippen LogP contribution is 2.45. The van der Waals surface area contributed by atoms with Crippen molar-refractivity contribution >= 4 is 35.0 Å². The van der Waals surface area contributed by atoms with Crippen LogP contribution in [-0.4, -0.2) is 23.0 Å². The van der Waals surface area contributed by atoms with E-state index in [4.69, 9.17) is 27.9 Å². The second-order valence-corrected chi connectivity index (χ2v) is 7.68. The number of hydrogen-bond donors (Lipinski definition) is 1. The number of halogens is 2. The molecule has 1 atom stereocenters. The molecule has 2 aromatic rings. The Morgan fingerprint density at radius 1 is 1.15 bits per heavy atom. The molecule has 0 spiro atoms. The zero-order valence-corrected chi connectivity index (χ0v) is 15.8. The fourth-order valence-electron chi connectivity index (χ4n) is 3.04. The van der Waals surface area contributed by atoms with Gasteiger partial charge in [-0.2, -0.15) is 0 Å². The Morgan fingerprint density at radius 2 is 1.85 bits per heavy atom. The summed E-state index contributed by atoms with van der Waals surface area (Å²) in [5, 5.41) is 4.36. The monoisotopic (exact) mass is 391 g/mol. The van der Waals surface area contributed by atoms with Gasteiger partial charge in [0.05, 0.1) is 13.2 Å². The lowest BCUT2D eigenvalue weighted by Gasteiger charge is -2.21. The molecule has 2 aliphatic rings. The Labute approximate surface area is 162 Å². The van der Waals surface area contributed by atoms with Crippen LogP contribution >= 0.6 is 23.2 Å². The summed E-state index contributed by atoms with van der Waals surface area (Å²) in [6, 6.07) is 7.85. The SMILES string of the molecule is COC(=O)c1nc(C2CC2)nc(NC(c2ccc(Cl)cc2)C2CC2)c1Cl. The average molecular weight is 392 g/mol. The minimum Gasteiger partial charge on any atom is -0.464 e. The van der Waals surface area contributed by atoms with Crippen LogP contribution in [0.1, 0.15) is 59.5 Å². The molecule has 2 saturated carbocycles. The molecule has 0 amide bonds. The fourth-order valence-corrected chi connectivity index (χ4v) is 3.38. The first-order valence-electron chi connectivity index (χ1n) is 8.74. The van der Waals surface area contributed by atoms with E-state index in [0.717, 1.165) is 31.2 Å². The summed E-state index contributed by atoms with van der Waals surface area (Å²) in [4.78, 5) is 21.0. The van der Waals surface area contributed by atoms with Gasteiger partial charge in [-0.05, 0) is 49.3 Å². The molecule has 26 heavy (non-hydrogen) atoms. The molecule has 1 N–H and O–H groups in total. The quantitative estimate of drug-likeness (QED) is 0.700. The van der Waals surface area contributed by atoms with Crippen molar-refractivity contribution in [2.75, 3.05) is 12.4 Å². The van der Waals surface area contributed by atoms with Crippen molar-refractivity contribution in [1.82, 2.24) is 9.97 Å². The number of carbonyl (C=O) groups is 1. The van der Waals surface area contributed by atoms with E-state index >= 15 is 0 Å². The lowest BCUT2D eigenvalue weighted by Crippen LogP contribution is -2.17. The number of ether oxygens (including phenoxy) is 1. The predicted molar refractivity (Wildman–Crippen MR) is 101 cm³/mol. The maximum absolute atomic E-state index is 12.1. The molecule has 136 valence electrons. The highest BCUT2D eigenvalue weighted by Gasteiger charge is 2.35. The Kier molecular flexibility index (Phi) is 4.76. The van der Waals surface area contributed by atoms with Crippen LogP contribution in [0.25, 0.3) is 0 Å². The van der Waals surface area contributed by atoms with Crippen molar-refractivity contribution in [2.24, 2.45) is 5.92 Å². The van der Waals surface area contributed by atoms with E-state index in [1.54, 1.807) is 0 Å². The van der Waals surface area contributed by atoms with Crippen LogP contribution in [0.4, 0.5) is 5.82 Å². The molecule has 1 aromatic carbocycles. The van der Waals surface area contributed by atoms with Crippen LogP contribution in [0.2, 0.25) is 10.0 Å². The van der Waals surface area contributed by atoms with E-state index in [1.165, 1.54) is 7.11 Å². The zero-order chi connectivity index (χ0) is 18.3. The van der Waals surface area contributed by atoms with Crippen LogP contribution in [0.3, 0.4) is 0 Å². The predicted octanol–water partition coefficient (Wildman–Crippen LogP) is 5.01. The molecule has 4 rings (SSSR count). The van der Waals surface area contributed by atoms with Gasteiger partial charge in [0.2, 0.25) is 0 Å². The van der Waals surface area contributed by atoms with Gasteiger partial charge in [-0.15, -0.1) is 0 Å². The highest BCUT2D eigenvalue weighted by molar-refractivity contribution is 6.35. The smallest absolute Gasteiger partial charge is 0.358 e. The first-order chi connectivity index (χ1) is 12.6. The van der Waals surface area contributed by atoms with Crippen molar-refractivity contribution in [3.8, 4) is 0 Å². The summed E-state index contributed by atoms with van der Waals surface area (Å²) in [5.41, 5.74) is 1.25. The topological polar surface area (TPSA) is 64.1 Å². The molecule has 0 aliphatic heterocycles. The summed E-state index contributed by atoms with van der Waals surface area (Å²) in [6.07, 6.45) is 4.35. The van der Waals surface area contributed by atoms with Gasteiger partial charge in [-0.1, -0.05) is 35.3 Å². The number of hydrogen-bond acceptors (Lipinski definition) is 5. The minimum atomic E-state index is -0.545. The lowest BCUT2D eigenvalue weighted by molar-refractivity contribution is 0.0593. The maximum atomic E-state index is 12.1. The molecule has 1 aromatic heterocycles. The molecular formula is C19H19Cl2N3O2. The van der Waals surface area contributed by atoms with Crippen LogP contribution in [-0.2, 0) is 4.74 Å². The minimum absolute atomic E-state index is 0.0669. The first kappa shape index (κ1) is 17.6. The van der Waals surface area contributed by atoms with Gasteiger partial charge in [0.15, 0.2) is 5.69 Å². The van der Waals surface area contributed by atoms with Crippen LogP contribution < -0.4 is 5.32 Å². The molecule has 7 heteroatoms. The number of anilines is 1. The largest absolute Gasteiger partial charge is 0.464 e. The van der Waals surface area contributed by atoms with E-state index in [1.807, 2.05) is 24.3 Å². The normalized spacial score (nSPS) is 17.7. The van der Waals surface area contributed by atoms with Gasteiger partial charge in [0, 0.05) is 10.9 Å². The molecule has 2 aliphatic carbocycles. The molecular weight excluding hydrogens is 373 g/mol. The second-order valence-electron chi connectivity index (χ2n) is 6.87. The number of aromatic nitrogens is 2. The number of nitrogens with one attached hydrogen (secondary N) is 1. The number of esters is 1. The summed E-state index contributed by atoms with van der Waals surface area (Å²) in [6.45, 7) is 0. The third kappa shape index (κ3) is 3.64. The number of benzene rings is 1. The molecule has 1 unspecified atom stereocenters. The summed E-state index contributed by atoms with van der Waals surface area (Å²) in [7, 11) is 1.32. The van der Waals surface area contributed by atoms with Crippen LogP contribution in [0.15, 0.2) is 24.3 Å². The lowest BCUT2D eigenvalue weighted by atomic mass is 10.0. The molecule has 0 saturated heterocycles. The fraction of sp³-hybridized carbons (Fsp3) is 0.421. The zero-order valence-electron chi connectivity index (χ0n) is 14.3. The molecule has 2 fully saturated rings. The Balaban J connectivity index is 1.70. The Bertz CT molecular complexity index is 833. The van der Waals surface area contributed by atoms with Crippen molar-refractivity contribution in [3.63, 3.8) is 0 Å². The van der Waals surface area contributed by atoms with E-state index in [0.29, 0.717) is 28.5 Å². The number of carbonyl (C=O) groups excluding carboxylic acids is 1. The summed E-state index contributed by atoms with van der Waals surface area (Å²) in [5.74, 6) is 1.41. The van der Waals surface area contributed by atoms with E-state index < -0.39 is 5.97 Å². The van der Waals surface area contributed by atoms with Crippen molar-refractivity contribution in [1.29, 1.82) is 0 Å². The second kappa shape index (κ2) is 7.05. The number of rotatable bonds is 6. The highest BCUT2D eigenvalue weighted by atomic mass is 35.5. The van der Waals surface area contributed by atoms with Gasteiger partial charge >= 0.3 is 5.97 Å². The molecule has 0 bridgehead atoms. The van der Waals surface area contributed by atoms with Gasteiger partial charge in [0.1, 0.15) is 16.7 Å². The van der Waals surface area contributed by atoms with E-state index in [-0.39, 0.29) is 16.8 Å². The first-order valence-corrected chi connectivity index (χ1v) is 9.50. The maximum Gasteiger partial charge on any atom is 0.358 e. The van der Waals surface area contributed by atoms with Gasteiger partial charge in [-0.25, -0.2) is 14.8 Å². The van der Waals surface area contributed by atoms with E-state index in [2.05, 4.69) is 15.3 Å². The average Bonchev–Trinajstić information content (AvgIpc) is 3.54. The van der Waals surface area contributed by atoms with Crippen molar-refractivity contribution < 1.29 is 9.53 Å². The van der Waals surface area contributed by atoms with Gasteiger partial charge in [-0.3, -0.25) is 0 Å².